The molecule has 2 aromatic carbocycles. The molecule has 0 aliphatic carbocycles. The molecule has 0 fully saturated rings. The number of hydrogen-bond donors (Lipinski definition) is 1. The van der Waals surface area contributed by atoms with Crippen LogP contribution in [-0.4, -0.2) is 26.4 Å². The van der Waals surface area contributed by atoms with Gasteiger partial charge in [-0.15, -0.1) is 0 Å². The molecule has 11 heteroatoms. The number of hydrogen-bond acceptors (Lipinski definition) is 5. The quantitative estimate of drug-likeness (QED) is 0.207. The average Bonchev–Trinajstić information content (AvgIpc) is 2.98. The van der Waals surface area contributed by atoms with Crippen LogP contribution in [0.25, 0.3) is 22.2 Å². The van der Waals surface area contributed by atoms with Crippen molar-refractivity contribution in [2.75, 3.05) is 11.9 Å². The van der Waals surface area contributed by atoms with Crippen molar-refractivity contribution in [2.24, 2.45) is 0 Å². The van der Waals surface area contributed by atoms with E-state index < -0.39 is 23.6 Å². The molecule has 1 N–H and O–H groups in total. The summed E-state index contributed by atoms with van der Waals surface area (Å²) in [7, 11) is 0. The van der Waals surface area contributed by atoms with Crippen molar-refractivity contribution in [3.05, 3.63) is 113 Å². The summed E-state index contributed by atoms with van der Waals surface area (Å²) in [6, 6.07) is 19.3. The van der Waals surface area contributed by atoms with Crippen molar-refractivity contribution in [2.45, 2.75) is 38.3 Å². The van der Waals surface area contributed by atoms with Gasteiger partial charge >= 0.3 is 12.4 Å². The zero-order chi connectivity index (χ0) is 30.4. The lowest BCUT2D eigenvalue weighted by molar-refractivity contribution is -0.141. The van der Waals surface area contributed by atoms with Crippen LogP contribution in [0, 0.1) is 0 Å². The van der Waals surface area contributed by atoms with Crippen LogP contribution in [0.4, 0.5) is 37.7 Å². The van der Waals surface area contributed by atoms with Crippen molar-refractivity contribution < 1.29 is 26.3 Å². The minimum atomic E-state index is -4.60. The fourth-order valence-electron chi connectivity index (χ4n) is 5.52. The summed E-state index contributed by atoms with van der Waals surface area (Å²) < 4.78 is 80.5. The summed E-state index contributed by atoms with van der Waals surface area (Å²) in [6.07, 6.45) is -5.91. The summed E-state index contributed by atoms with van der Waals surface area (Å²) >= 11 is 0. The number of alkyl halides is 6. The Kier molecular flexibility index (Phi) is 7.29. The van der Waals surface area contributed by atoms with Gasteiger partial charge in [0.05, 0.1) is 34.4 Å². The molecule has 43 heavy (non-hydrogen) atoms. The van der Waals surface area contributed by atoms with E-state index in [1.807, 2.05) is 18.2 Å². The normalized spacial score (nSPS) is 15.8. The number of pyridine rings is 3. The van der Waals surface area contributed by atoms with Crippen molar-refractivity contribution in [3.8, 4) is 11.3 Å². The van der Waals surface area contributed by atoms with Crippen LogP contribution in [0.2, 0.25) is 0 Å². The van der Waals surface area contributed by atoms with Crippen LogP contribution >= 0.6 is 0 Å². The van der Waals surface area contributed by atoms with Gasteiger partial charge in [-0.25, -0.2) is 4.98 Å². The molecule has 0 amide bonds. The van der Waals surface area contributed by atoms with Gasteiger partial charge in [-0.05, 0) is 60.9 Å². The second-order valence-corrected chi connectivity index (χ2v) is 10.4. The van der Waals surface area contributed by atoms with Gasteiger partial charge in [0.1, 0.15) is 5.69 Å². The highest BCUT2D eigenvalue weighted by molar-refractivity contribution is 5.95. The number of halogens is 6. The highest BCUT2D eigenvalue weighted by atomic mass is 19.4. The summed E-state index contributed by atoms with van der Waals surface area (Å²) in [5.41, 5.74) is 2.58. The van der Waals surface area contributed by atoms with E-state index in [0.29, 0.717) is 34.5 Å². The average molecular weight is 594 g/mol. The fraction of sp³-hybridized carbons (Fsp3) is 0.219. The minimum absolute atomic E-state index is 0.104. The molecule has 5 aromatic rings. The molecular formula is C32H25F6N5. The third-order valence-electron chi connectivity index (χ3n) is 7.67. The first-order valence-electron chi connectivity index (χ1n) is 13.6. The third-order valence-corrected chi connectivity index (χ3v) is 7.67. The van der Waals surface area contributed by atoms with Crippen molar-refractivity contribution >= 4 is 22.3 Å². The lowest BCUT2D eigenvalue weighted by Crippen LogP contribution is -2.33. The number of benzene rings is 2. The maximum absolute atomic E-state index is 13.8. The Labute approximate surface area is 243 Å². The van der Waals surface area contributed by atoms with E-state index in [1.54, 1.807) is 12.1 Å². The van der Waals surface area contributed by atoms with E-state index in [1.165, 1.54) is 35.5 Å². The Morgan fingerprint density at radius 2 is 1.70 bits per heavy atom. The van der Waals surface area contributed by atoms with Crippen molar-refractivity contribution in [1.29, 1.82) is 0 Å². The van der Waals surface area contributed by atoms with Crippen LogP contribution < -0.4 is 5.32 Å². The van der Waals surface area contributed by atoms with E-state index in [9.17, 15) is 26.3 Å². The molecule has 0 radical (unpaired) electrons. The van der Waals surface area contributed by atoms with E-state index >= 15 is 0 Å². The van der Waals surface area contributed by atoms with E-state index in [4.69, 9.17) is 4.98 Å². The summed E-state index contributed by atoms with van der Waals surface area (Å²) in [5, 5.41) is 3.72. The third kappa shape index (κ3) is 5.90. The Balaban J connectivity index is 1.42. The van der Waals surface area contributed by atoms with Gasteiger partial charge in [0.15, 0.2) is 0 Å². The van der Waals surface area contributed by atoms with Crippen molar-refractivity contribution in [3.63, 3.8) is 0 Å². The predicted molar refractivity (Wildman–Crippen MR) is 151 cm³/mol. The Hall–Kier alpha value is -4.51. The molecule has 0 bridgehead atoms. The molecule has 0 spiro atoms. The van der Waals surface area contributed by atoms with Gasteiger partial charge in [-0.3, -0.25) is 14.9 Å². The molecular weight excluding hydrogens is 568 g/mol. The maximum Gasteiger partial charge on any atom is 0.433 e. The highest BCUT2D eigenvalue weighted by Gasteiger charge is 2.34. The predicted octanol–water partition coefficient (Wildman–Crippen LogP) is 8.59. The van der Waals surface area contributed by atoms with E-state index in [0.717, 1.165) is 31.3 Å². The summed E-state index contributed by atoms with van der Waals surface area (Å²) in [5.74, 6) is 0. The van der Waals surface area contributed by atoms with Gasteiger partial charge in [-0.1, -0.05) is 36.4 Å². The molecule has 0 saturated heterocycles. The second-order valence-electron chi connectivity index (χ2n) is 10.4. The first-order valence-corrected chi connectivity index (χ1v) is 13.6. The van der Waals surface area contributed by atoms with Crippen molar-refractivity contribution in [1.82, 2.24) is 19.9 Å². The zero-order valence-electron chi connectivity index (χ0n) is 22.8. The topological polar surface area (TPSA) is 53.9 Å². The standard InChI is InChI=1S/C32H25F6N5/c1-19-24-6-3-2-5-20(24)12-14-43(19)18-23-16-28(41-22-9-11-29(40-17-22)32(36,37)38)25-10-8-21(15-27(25)42-23)30-26(31(33,34)35)7-4-13-39-30/h2-11,13,15-17,19H,12,14,18H2,1H3,(H,41,42). The summed E-state index contributed by atoms with van der Waals surface area (Å²) in [6.45, 7) is 3.35. The first-order chi connectivity index (χ1) is 20.5. The highest BCUT2D eigenvalue weighted by Crippen LogP contribution is 2.38. The monoisotopic (exact) mass is 593 g/mol. The number of fused-ring (bicyclic) bond motifs is 2. The molecule has 3 aromatic heterocycles. The van der Waals surface area contributed by atoms with Crippen LogP contribution in [0.3, 0.4) is 0 Å². The lowest BCUT2D eigenvalue weighted by atomic mass is 9.93. The zero-order valence-corrected chi connectivity index (χ0v) is 22.8. The molecule has 1 unspecified atom stereocenters. The number of anilines is 2. The maximum atomic E-state index is 13.8. The smallest absolute Gasteiger partial charge is 0.354 e. The number of aromatic nitrogens is 3. The van der Waals surface area contributed by atoms with E-state index in [2.05, 4.69) is 39.2 Å². The first kappa shape index (κ1) is 28.6. The van der Waals surface area contributed by atoms with E-state index in [-0.39, 0.29) is 17.3 Å². The molecule has 220 valence electrons. The minimum Gasteiger partial charge on any atom is -0.354 e. The van der Waals surface area contributed by atoms with Gasteiger partial charge < -0.3 is 5.32 Å². The van der Waals surface area contributed by atoms with Crippen LogP contribution in [0.1, 0.15) is 41.0 Å². The fourth-order valence-corrected chi connectivity index (χ4v) is 5.52. The molecule has 1 aliphatic heterocycles. The molecule has 6 rings (SSSR count). The van der Waals surface area contributed by atoms with Crippen LogP contribution in [0.15, 0.2) is 85.2 Å². The van der Waals surface area contributed by atoms with Gasteiger partial charge in [0, 0.05) is 42.0 Å². The Bertz CT molecular complexity index is 1780. The molecule has 5 nitrogen and oxygen atoms in total. The molecule has 1 aliphatic rings. The van der Waals surface area contributed by atoms with Crippen LogP contribution in [-0.2, 0) is 25.3 Å². The van der Waals surface area contributed by atoms with Gasteiger partial charge in [0.2, 0.25) is 0 Å². The molecule has 1 atom stereocenters. The second kappa shape index (κ2) is 11.0. The largest absolute Gasteiger partial charge is 0.433 e. The SMILES string of the molecule is CC1c2ccccc2CCN1Cc1cc(Nc2ccc(C(F)(F)F)nc2)c2ccc(-c3ncccc3C(F)(F)F)cc2n1. The molecule has 4 heterocycles. The number of nitrogens with zero attached hydrogens (tertiary/aromatic N) is 4. The van der Waals surface area contributed by atoms with Crippen LogP contribution in [0.5, 0.6) is 0 Å². The van der Waals surface area contributed by atoms with Gasteiger partial charge in [0.25, 0.3) is 0 Å². The number of rotatable bonds is 5. The Morgan fingerprint density at radius 1 is 0.884 bits per heavy atom. The number of nitrogens with one attached hydrogen (secondary N) is 1. The Morgan fingerprint density at radius 3 is 2.44 bits per heavy atom. The summed E-state index contributed by atoms with van der Waals surface area (Å²) in [4.78, 5) is 14.6. The lowest BCUT2D eigenvalue weighted by Gasteiger charge is -2.35. The van der Waals surface area contributed by atoms with Gasteiger partial charge in [-0.2, -0.15) is 26.3 Å². The molecule has 0 saturated carbocycles.